The Balaban J connectivity index is 1.81. The highest BCUT2D eigenvalue weighted by atomic mass is 16.2. The Morgan fingerprint density at radius 3 is 2.44 bits per heavy atom. The average Bonchev–Trinajstić information content (AvgIpc) is 3.12. The summed E-state index contributed by atoms with van der Waals surface area (Å²) in [5.74, 6) is 0.244. The molecular formula is C21H26N4O2. The van der Waals surface area contributed by atoms with Crippen molar-refractivity contribution < 1.29 is 9.59 Å². The van der Waals surface area contributed by atoms with Gasteiger partial charge in [-0.05, 0) is 37.1 Å². The lowest BCUT2D eigenvalue weighted by Gasteiger charge is -2.18. The number of pyridine rings is 1. The highest BCUT2D eigenvalue weighted by Gasteiger charge is 2.36. The summed E-state index contributed by atoms with van der Waals surface area (Å²) in [6, 6.07) is 13.5. The van der Waals surface area contributed by atoms with Gasteiger partial charge in [0.25, 0.3) is 11.8 Å². The van der Waals surface area contributed by atoms with Crippen molar-refractivity contribution in [3.63, 3.8) is 0 Å². The van der Waals surface area contributed by atoms with Gasteiger partial charge in [-0.3, -0.25) is 9.59 Å². The molecule has 6 nitrogen and oxygen atoms in total. The average molecular weight is 366 g/mol. The van der Waals surface area contributed by atoms with Crippen molar-refractivity contribution in [3.05, 3.63) is 65.0 Å². The molecule has 0 spiro atoms. The number of aryl methyl sites for hydroxylation is 1. The van der Waals surface area contributed by atoms with Crippen LogP contribution >= 0.6 is 0 Å². The van der Waals surface area contributed by atoms with Crippen LogP contribution in [0.1, 0.15) is 38.0 Å². The number of amides is 2. The van der Waals surface area contributed by atoms with Crippen LogP contribution in [0.25, 0.3) is 0 Å². The summed E-state index contributed by atoms with van der Waals surface area (Å²) in [5, 5.41) is 0. The minimum absolute atomic E-state index is 0.0549. The van der Waals surface area contributed by atoms with E-state index in [4.69, 9.17) is 5.73 Å². The van der Waals surface area contributed by atoms with Crippen molar-refractivity contribution in [2.45, 2.75) is 12.8 Å². The van der Waals surface area contributed by atoms with Crippen LogP contribution in [0.5, 0.6) is 0 Å². The maximum atomic E-state index is 13.1. The Labute approximate surface area is 160 Å². The highest BCUT2D eigenvalue weighted by Crippen LogP contribution is 2.33. The van der Waals surface area contributed by atoms with Gasteiger partial charge >= 0.3 is 0 Å². The molecule has 2 N–H and O–H groups in total. The first kappa shape index (κ1) is 19.0. The first-order chi connectivity index (χ1) is 12.9. The first-order valence-corrected chi connectivity index (χ1v) is 9.16. The topological polar surface area (TPSA) is 79.5 Å². The zero-order valence-electron chi connectivity index (χ0n) is 16.1. The number of benzene rings is 1. The second-order valence-electron chi connectivity index (χ2n) is 7.25. The van der Waals surface area contributed by atoms with Crippen LogP contribution in [-0.2, 0) is 0 Å². The number of hydrogen-bond donors (Lipinski definition) is 1. The van der Waals surface area contributed by atoms with Crippen LogP contribution in [0.2, 0.25) is 0 Å². The second-order valence-corrected chi connectivity index (χ2v) is 7.25. The summed E-state index contributed by atoms with van der Waals surface area (Å²) in [4.78, 5) is 32.8. The molecule has 1 fully saturated rings. The Morgan fingerprint density at radius 2 is 1.85 bits per heavy atom. The molecule has 142 valence electrons. The predicted molar refractivity (Wildman–Crippen MR) is 105 cm³/mol. The highest BCUT2D eigenvalue weighted by molar-refractivity contribution is 5.97. The summed E-state index contributed by atoms with van der Waals surface area (Å²) in [5.41, 5.74) is 8.65. The lowest BCUT2D eigenvalue weighted by atomic mass is 9.89. The van der Waals surface area contributed by atoms with Crippen molar-refractivity contribution in [2.75, 3.05) is 33.7 Å². The third kappa shape index (κ3) is 3.85. The van der Waals surface area contributed by atoms with E-state index in [0.29, 0.717) is 36.6 Å². The van der Waals surface area contributed by atoms with Crippen LogP contribution in [-0.4, -0.2) is 60.3 Å². The van der Waals surface area contributed by atoms with E-state index in [9.17, 15) is 9.59 Å². The molecule has 1 aromatic heterocycles. The minimum atomic E-state index is -0.175. The van der Waals surface area contributed by atoms with E-state index in [1.54, 1.807) is 33.2 Å². The quantitative estimate of drug-likeness (QED) is 0.896. The van der Waals surface area contributed by atoms with Crippen LogP contribution in [0.15, 0.2) is 42.5 Å². The van der Waals surface area contributed by atoms with Crippen molar-refractivity contribution in [2.24, 2.45) is 11.7 Å². The van der Waals surface area contributed by atoms with Gasteiger partial charge in [-0.15, -0.1) is 0 Å². The number of aromatic nitrogens is 1. The predicted octanol–water partition coefficient (Wildman–Crippen LogP) is 1.91. The molecular weight excluding hydrogens is 340 g/mol. The van der Waals surface area contributed by atoms with E-state index >= 15 is 0 Å². The van der Waals surface area contributed by atoms with Gasteiger partial charge in [-0.1, -0.05) is 30.3 Å². The third-order valence-electron chi connectivity index (χ3n) is 5.20. The van der Waals surface area contributed by atoms with E-state index in [2.05, 4.69) is 17.1 Å². The number of carbonyl (C=O) groups excluding carboxylic acids is 2. The zero-order chi connectivity index (χ0) is 19.6. The molecule has 2 amide bonds. The Hall–Kier alpha value is -2.73. The zero-order valence-corrected chi connectivity index (χ0v) is 16.1. The van der Waals surface area contributed by atoms with Crippen molar-refractivity contribution in [1.29, 1.82) is 0 Å². The molecule has 2 heterocycles. The molecule has 3 rings (SSSR count). The number of nitrogens with zero attached hydrogens (tertiary/aromatic N) is 3. The van der Waals surface area contributed by atoms with Gasteiger partial charge in [0.2, 0.25) is 0 Å². The normalized spacial score (nSPS) is 19.2. The Bertz CT molecular complexity index is 835. The molecule has 27 heavy (non-hydrogen) atoms. The maximum Gasteiger partial charge on any atom is 0.271 e. The van der Waals surface area contributed by atoms with Crippen LogP contribution in [0, 0.1) is 12.8 Å². The SMILES string of the molecule is Cc1nc(C(=O)N(C)C)ccc1C(=O)N1C[C@@H](CN)[C@H](c2ccccc2)C1. The molecule has 1 aliphatic heterocycles. The number of likely N-dealkylation sites (tertiary alicyclic amines) is 1. The molecule has 0 bridgehead atoms. The monoisotopic (exact) mass is 366 g/mol. The van der Waals surface area contributed by atoms with Gasteiger partial charge in [-0.25, -0.2) is 4.98 Å². The lowest BCUT2D eigenvalue weighted by molar-refractivity contribution is 0.0780. The van der Waals surface area contributed by atoms with Gasteiger partial charge in [0, 0.05) is 33.1 Å². The fourth-order valence-electron chi connectivity index (χ4n) is 3.66. The van der Waals surface area contributed by atoms with Crippen LogP contribution in [0.4, 0.5) is 0 Å². The van der Waals surface area contributed by atoms with Gasteiger partial charge in [0.15, 0.2) is 0 Å². The van der Waals surface area contributed by atoms with Gasteiger partial charge in [0.05, 0.1) is 11.3 Å². The fraction of sp³-hybridized carbons (Fsp3) is 0.381. The summed E-state index contributed by atoms with van der Waals surface area (Å²) >= 11 is 0. The van der Waals surface area contributed by atoms with Crippen molar-refractivity contribution in [1.82, 2.24) is 14.8 Å². The van der Waals surface area contributed by atoms with Crippen LogP contribution in [0.3, 0.4) is 0 Å². The molecule has 0 aliphatic carbocycles. The molecule has 0 radical (unpaired) electrons. The van der Waals surface area contributed by atoms with E-state index in [1.807, 2.05) is 23.1 Å². The Kier molecular flexibility index (Phi) is 5.56. The molecule has 0 saturated carbocycles. The number of carbonyl (C=O) groups is 2. The molecule has 2 aromatic rings. The smallest absolute Gasteiger partial charge is 0.271 e. The maximum absolute atomic E-state index is 13.1. The fourth-order valence-corrected chi connectivity index (χ4v) is 3.66. The standard InChI is InChI=1S/C21H26N4O2/c1-14-17(9-10-19(23-14)21(27)24(2)3)20(26)25-12-16(11-22)18(13-25)15-7-5-4-6-8-15/h4-10,16,18H,11-13,22H2,1-3H3/t16-,18+/m1/s1. The minimum Gasteiger partial charge on any atom is -0.343 e. The summed E-state index contributed by atoms with van der Waals surface area (Å²) in [6.45, 7) is 3.58. The molecule has 1 saturated heterocycles. The van der Waals surface area contributed by atoms with Gasteiger partial charge in [0.1, 0.15) is 5.69 Å². The lowest BCUT2D eigenvalue weighted by Crippen LogP contribution is -2.31. The van der Waals surface area contributed by atoms with E-state index in [1.165, 1.54) is 10.5 Å². The van der Waals surface area contributed by atoms with Gasteiger partial charge in [-0.2, -0.15) is 0 Å². The number of rotatable bonds is 4. The van der Waals surface area contributed by atoms with Crippen molar-refractivity contribution >= 4 is 11.8 Å². The summed E-state index contributed by atoms with van der Waals surface area (Å²) in [7, 11) is 3.36. The molecule has 1 aliphatic rings. The molecule has 1 aromatic carbocycles. The second kappa shape index (κ2) is 7.88. The Morgan fingerprint density at radius 1 is 1.15 bits per heavy atom. The third-order valence-corrected chi connectivity index (χ3v) is 5.20. The first-order valence-electron chi connectivity index (χ1n) is 9.16. The largest absolute Gasteiger partial charge is 0.343 e. The summed E-state index contributed by atoms with van der Waals surface area (Å²) < 4.78 is 0. The number of nitrogens with two attached hydrogens (primary N) is 1. The summed E-state index contributed by atoms with van der Waals surface area (Å²) in [6.07, 6.45) is 0. The van der Waals surface area contributed by atoms with Crippen LogP contribution < -0.4 is 5.73 Å². The number of hydrogen-bond acceptors (Lipinski definition) is 4. The molecule has 2 atom stereocenters. The molecule has 6 heteroatoms. The van der Waals surface area contributed by atoms with Crippen molar-refractivity contribution in [3.8, 4) is 0 Å². The van der Waals surface area contributed by atoms with E-state index < -0.39 is 0 Å². The van der Waals surface area contributed by atoms with E-state index in [-0.39, 0.29) is 23.7 Å². The molecule has 0 unspecified atom stereocenters. The van der Waals surface area contributed by atoms with E-state index in [0.717, 1.165) is 0 Å². The van der Waals surface area contributed by atoms with Gasteiger partial charge < -0.3 is 15.5 Å².